The van der Waals surface area contributed by atoms with Crippen molar-refractivity contribution in [2.24, 2.45) is 0 Å². The number of rotatable bonds is 11. The summed E-state index contributed by atoms with van der Waals surface area (Å²) in [6.45, 7) is 7.19. The maximum absolute atomic E-state index is 2.57. The van der Waals surface area contributed by atoms with Gasteiger partial charge in [-0.15, -0.1) is 0 Å². The molecule has 0 bridgehead atoms. The molecule has 15 heavy (non-hydrogen) atoms. The molecular weight excluding hydrogens is 212 g/mol. The van der Waals surface area contributed by atoms with Crippen LogP contribution in [0.3, 0.4) is 0 Å². The van der Waals surface area contributed by atoms with E-state index < -0.39 is 0 Å². The SMILES string of the molecule is CCCCCC[SiH](CCCCCC)[SiH2]C. The minimum absolute atomic E-state index is 0.159. The molecule has 0 aromatic carbocycles. The molecule has 0 atom stereocenters. The average molecular weight is 245 g/mol. The van der Waals surface area contributed by atoms with Gasteiger partial charge in [0, 0.05) is 17.4 Å². The second-order valence-corrected chi connectivity index (χ2v) is 14.6. The van der Waals surface area contributed by atoms with Crippen molar-refractivity contribution in [2.45, 2.75) is 83.8 Å². The van der Waals surface area contributed by atoms with Crippen molar-refractivity contribution in [3.8, 4) is 0 Å². The first-order valence-corrected chi connectivity index (χ1v) is 13.7. The minimum atomic E-state index is -0.159. The summed E-state index contributed by atoms with van der Waals surface area (Å²) in [6.07, 6.45) is 11.9. The molecule has 0 aliphatic rings. The van der Waals surface area contributed by atoms with E-state index in [9.17, 15) is 0 Å². The summed E-state index contributed by atoms with van der Waals surface area (Å²) in [7, 11) is 0.239. The lowest BCUT2D eigenvalue weighted by atomic mass is 10.2. The van der Waals surface area contributed by atoms with Gasteiger partial charge in [0.2, 0.25) is 0 Å². The Bertz CT molecular complexity index is 103. The van der Waals surface area contributed by atoms with E-state index in [0.29, 0.717) is 9.04 Å². The van der Waals surface area contributed by atoms with Gasteiger partial charge in [-0.1, -0.05) is 83.8 Å². The van der Waals surface area contributed by atoms with Crippen LogP contribution in [0.15, 0.2) is 0 Å². The molecule has 0 saturated heterocycles. The molecule has 2 heteroatoms. The van der Waals surface area contributed by atoms with E-state index in [1.54, 1.807) is 24.9 Å². The van der Waals surface area contributed by atoms with Crippen molar-refractivity contribution in [3.63, 3.8) is 0 Å². The summed E-state index contributed by atoms with van der Waals surface area (Å²) in [5, 5.41) is 0. The fourth-order valence-electron chi connectivity index (χ4n) is 2.27. The topological polar surface area (TPSA) is 0 Å². The highest BCUT2D eigenvalue weighted by molar-refractivity contribution is 7.11. The summed E-state index contributed by atoms with van der Waals surface area (Å²) in [5.74, 6) is 0. The van der Waals surface area contributed by atoms with Crippen LogP contribution in [0, 0.1) is 0 Å². The Hall–Kier alpha value is 0.434. The standard InChI is InChI=1S/C13H32Si2/c1-4-6-8-10-12-15(14-3)13-11-9-7-5-2/h15H,4-14H2,1-3H3. The first kappa shape index (κ1) is 15.4. The molecule has 0 unspecified atom stereocenters. The second-order valence-electron chi connectivity index (χ2n) is 4.97. The van der Waals surface area contributed by atoms with Gasteiger partial charge in [-0.05, 0) is 0 Å². The highest BCUT2D eigenvalue weighted by Crippen LogP contribution is 2.12. The molecule has 92 valence electrons. The zero-order chi connectivity index (χ0) is 11.4. The molecule has 0 aliphatic carbocycles. The molecule has 0 saturated carbocycles. The Labute approximate surface area is 101 Å². The normalized spacial score (nSPS) is 12.0. The molecule has 0 fully saturated rings. The van der Waals surface area contributed by atoms with Crippen LogP contribution >= 0.6 is 0 Å². The van der Waals surface area contributed by atoms with Crippen LogP contribution in [0.4, 0.5) is 0 Å². The van der Waals surface area contributed by atoms with E-state index in [0.717, 1.165) is 0 Å². The Balaban J connectivity index is 3.29. The molecule has 0 amide bonds. The van der Waals surface area contributed by atoms with Crippen molar-refractivity contribution in [2.75, 3.05) is 0 Å². The Morgan fingerprint density at radius 1 is 0.733 bits per heavy atom. The van der Waals surface area contributed by atoms with Crippen LogP contribution in [-0.2, 0) is 0 Å². The Morgan fingerprint density at radius 3 is 1.53 bits per heavy atom. The van der Waals surface area contributed by atoms with Gasteiger partial charge in [-0.2, -0.15) is 0 Å². The zero-order valence-electron chi connectivity index (χ0n) is 11.4. The fraction of sp³-hybridized carbons (Fsp3) is 1.00. The van der Waals surface area contributed by atoms with Gasteiger partial charge in [-0.3, -0.25) is 0 Å². The zero-order valence-corrected chi connectivity index (χ0v) is 13.9. The van der Waals surface area contributed by atoms with Crippen LogP contribution in [0.1, 0.15) is 65.2 Å². The molecule has 0 rings (SSSR count). The molecular formula is C13H32Si2. The molecule has 0 radical (unpaired) electrons. The van der Waals surface area contributed by atoms with Gasteiger partial charge in [0.05, 0.1) is 0 Å². The summed E-state index contributed by atoms with van der Waals surface area (Å²) in [4.78, 5) is 0. The van der Waals surface area contributed by atoms with Crippen LogP contribution in [0.25, 0.3) is 0 Å². The minimum Gasteiger partial charge on any atom is -0.0769 e. The smallest absolute Gasteiger partial charge is 0.0238 e. The third-order valence-electron chi connectivity index (χ3n) is 3.51. The monoisotopic (exact) mass is 244 g/mol. The summed E-state index contributed by atoms with van der Waals surface area (Å²) in [5.41, 5.74) is 0. The van der Waals surface area contributed by atoms with Gasteiger partial charge in [0.25, 0.3) is 0 Å². The molecule has 0 nitrogen and oxygen atoms in total. The predicted octanol–water partition coefficient (Wildman–Crippen LogP) is 4.09. The molecule has 0 aliphatic heterocycles. The summed E-state index contributed by atoms with van der Waals surface area (Å²) in [6, 6.07) is 3.38. The number of hydrogen-bond donors (Lipinski definition) is 0. The lowest BCUT2D eigenvalue weighted by Crippen LogP contribution is -2.19. The number of unbranched alkanes of at least 4 members (excludes halogenated alkanes) is 6. The summed E-state index contributed by atoms with van der Waals surface area (Å²) < 4.78 is 0. The first-order valence-electron chi connectivity index (χ1n) is 7.35. The van der Waals surface area contributed by atoms with E-state index in [4.69, 9.17) is 0 Å². The maximum Gasteiger partial charge on any atom is 0.0238 e. The molecule has 0 spiro atoms. The van der Waals surface area contributed by atoms with Gasteiger partial charge in [-0.25, -0.2) is 0 Å². The molecule has 0 N–H and O–H groups in total. The van der Waals surface area contributed by atoms with Crippen molar-refractivity contribution >= 4 is 17.4 Å². The van der Waals surface area contributed by atoms with E-state index in [-0.39, 0.29) is 8.31 Å². The van der Waals surface area contributed by atoms with Crippen LogP contribution in [0.5, 0.6) is 0 Å². The highest BCUT2D eigenvalue weighted by Gasteiger charge is 2.07. The third kappa shape index (κ3) is 10.7. The van der Waals surface area contributed by atoms with Crippen molar-refractivity contribution in [1.82, 2.24) is 0 Å². The van der Waals surface area contributed by atoms with E-state index in [1.165, 1.54) is 38.5 Å². The summed E-state index contributed by atoms with van der Waals surface area (Å²) >= 11 is 0. The van der Waals surface area contributed by atoms with E-state index in [2.05, 4.69) is 20.4 Å². The maximum atomic E-state index is 2.57. The van der Waals surface area contributed by atoms with Crippen molar-refractivity contribution < 1.29 is 0 Å². The highest BCUT2D eigenvalue weighted by atomic mass is 29.2. The predicted molar refractivity (Wildman–Crippen MR) is 79.5 cm³/mol. The quantitative estimate of drug-likeness (QED) is 0.379. The van der Waals surface area contributed by atoms with Crippen LogP contribution < -0.4 is 0 Å². The Morgan fingerprint density at radius 2 is 1.20 bits per heavy atom. The van der Waals surface area contributed by atoms with Crippen LogP contribution in [-0.4, -0.2) is 17.4 Å². The van der Waals surface area contributed by atoms with Crippen molar-refractivity contribution in [1.29, 1.82) is 0 Å². The van der Waals surface area contributed by atoms with Gasteiger partial charge >= 0.3 is 0 Å². The molecule has 0 aromatic rings. The molecule has 0 heterocycles. The van der Waals surface area contributed by atoms with Gasteiger partial charge < -0.3 is 0 Å². The van der Waals surface area contributed by atoms with Crippen LogP contribution in [0.2, 0.25) is 18.6 Å². The molecule has 0 aromatic heterocycles. The van der Waals surface area contributed by atoms with E-state index >= 15 is 0 Å². The average Bonchev–Trinajstić information content (AvgIpc) is 2.27. The fourth-order valence-corrected chi connectivity index (χ4v) is 9.29. The second kappa shape index (κ2) is 12.5. The van der Waals surface area contributed by atoms with Gasteiger partial charge in [0.1, 0.15) is 0 Å². The van der Waals surface area contributed by atoms with Crippen molar-refractivity contribution in [3.05, 3.63) is 0 Å². The van der Waals surface area contributed by atoms with Gasteiger partial charge in [0.15, 0.2) is 0 Å². The number of hydrogen-bond acceptors (Lipinski definition) is 0. The first-order chi connectivity index (χ1) is 7.35. The third-order valence-corrected chi connectivity index (χ3v) is 13.0. The largest absolute Gasteiger partial charge is 0.0769 e. The Kier molecular flexibility index (Phi) is 12.9. The lowest BCUT2D eigenvalue weighted by Gasteiger charge is -2.12. The lowest BCUT2D eigenvalue weighted by molar-refractivity contribution is 0.688. The van der Waals surface area contributed by atoms with E-state index in [1.807, 2.05) is 0 Å².